The molecule has 32 rings (SSSR count). The molecule has 0 aliphatic heterocycles. The average Bonchev–Trinajstić information content (AvgIpc) is 1.55. The Bertz CT molecular complexity index is 10900. The highest BCUT2D eigenvalue weighted by atomic mass is 16.3. The first-order valence-electron chi connectivity index (χ1n) is 49.1. The third-order valence-corrected chi connectivity index (χ3v) is 30.3. The molecule has 23 aromatic carbocycles. The Labute approximate surface area is 823 Å². The second-order valence-electron chi connectivity index (χ2n) is 38.6. The normalized spacial score (nSPS) is 12.6. The van der Waals surface area contributed by atoms with Gasteiger partial charge in [0.25, 0.3) is 0 Å². The van der Waals surface area contributed by atoms with Gasteiger partial charge in [-0.15, -0.1) is 0 Å². The topological polar surface area (TPSA) is 118 Å². The number of fused-ring (bicyclic) bond motifs is 35. The van der Waals surface area contributed by atoms with Crippen LogP contribution in [0.3, 0.4) is 0 Å². The quantitative estimate of drug-likeness (QED) is 0.145. The Morgan fingerprint density at radius 2 is 0.542 bits per heavy atom. The molecule has 0 radical (unpaired) electrons. The van der Waals surface area contributed by atoms with Gasteiger partial charge in [-0.05, 0) is 178 Å². The maximum Gasteiger partial charge on any atom is 0.235 e. The summed E-state index contributed by atoms with van der Waals surface area (Å²) in [6.45, 7) is 4.70. The Balaban J connectivity index is 0.000000101. The molecule has 1 aliphatic rings. The van der Waals surface area contributed by atoms with Gasteiger partial charge in [-0.3, -0.25) is 13.7 Å². The fourth-order valence-corrected chi connectivity index (χ4v) is 23.6. The van der Waals surface area contributed by atoms with Crippen LogP contribution in [0.2, 0.25) is 0 Å². The summed E-state index contributed by atoms with van der Waals surface area (Å²) in [5.41, 5.74) is 26.7. The summed E-state index contributed by atoms with van der Waals surface area (Å²) in [4.78, 5) is 32.1. The van der Waals surface area contributed by atoms with Crippen molar-refractivity contribution in [1.82, 2.24) is 43.6 Å². The minimum absolute atomic E-state index is 0.0459. The maximum absolute atomic E-state index is 6.25. The molecule has 0 amide bonds. The van der Waals surface area contributed by atoms with Crippen molar-refractivity contribution >= 4 is 217 Å². The van der Waals surface area contributed by atoms with Gasteiger partial charge in [0.05, 0.1) is 66.7 Å². The Morgan fingerprint density at radius 1 is 0.188 bits per heavy atom. The van der Waals surface area contributed by atoms with Crippen LogP contribution in [-0.4, -0.2) is 43.6 Å². The molecule has 0 N–H and O–H groups in total. The molecule has 11 nitrogen and oxygen atoms in total. The van der Waals surface area contributed by atoms with Gasteiger partial charge in [-0.1, -0.05) is 378 Å². The van der Waals surface area contributed by atoms with Crippen LogP contribution in [0.25, 0.3) is 291 Å². The molecule has 8 aromatic heterocycles. The van der Waals surface area contributed by atoms with E-state index >= 15 is 0 Å². The summed E-state index contributed by atoms with van der Waals surface area (Å²) in [5.74, 6) is 1.99. The fourth-order valence-electron chi connectivity index (χ4n) is 23.6. The second kappa shape index (κ2) is 31.5. The van der Waals surface area contributed by atoms with Gasteiger partial charge in [-0.2, -0.15) is 0 Å². The largest absolute Gasteiger partial charge is 0.456 e. The molecule has 0 bridgehead atoms. The van der Waals surface area contributed by atoms with Crippen molar-refractivity contribution in [1.29, 1.82) is 0 Å². The van der Waals surface area contributed by atoms with Gasteiger partial charge in [0.15, 0.2) is 0 Å². The molecule has 11 heteroatoms. The van der Waals surface area contributed by atoms with Crippen LogP contribution in [0.1, 0.15) is 25.0 Å². The molecule has 1 aliphatic carbocycles. The highest BCUT2D eigenvalue weighted by molar-refractivity contribution is 6.29. The minimum atomic E-state index is -0.0459. The van der Waals surface area contributed by atoms with Crippen LogP contribution in [0, 0.1) is 0 Å². The number of para-hydroxylation sites is 6. The number of nitrogens with zero attached hydrogens (tertiary/aromatic N) is 9. The summed E-state index contributed by atoms with van der Waals surface area (Å²) in [6, 6.07) is 162. The van der Waals surface area contributed by atoms with E-state index in [0.29, 0.717) is 17.8 Å². The Kier molecular flexibility index (Phi) is 17.7. The molecule has 0 unspecified atom stereocenters. The molecule has 0 fully saturated rings. The highest BCUT2D eigenvalue weighted by Crippen LogP contribution is 2.53. The van der Waals surface area contributed by atoms with Crippen molar-refractivity contribution in [3.8, 4) is 73.9 Å². The zero-order valence-corrected chi connectivity index (χ0v) is 78.1. The minimum Gasteiger partial charge on any atom is -0.456 e. The lowest BCUT2D eigenvalue weighted by atomic mass is 9.81. The molecule has 144 heavy (non-hydrogen) atoms. The molecule has 0 atom stereocenters. The molecule has 0 spiro atoms. The average molecular weight is 1840 g/mol. The molecule has 31 aromatic rings. The van der Waals surface area contributed by atoms with E-state index in [2.05, 4.69) is 440 Å². The van der Waals surface area contributed by atoms with E-state index < -0.39 is 0 Å². The Morgan fingerprint density at radius 3 is 1.06 bits per heavy atom. The Hall–Kier alpha value is -19.1. The third-order valence-electron chi connectivity index (χ3n) is 30.3. The van der Waals surface area contributed by atoms with Crippen molar-refractivity contribution in [2.75, 3.05) is 0 Å². The van der Waals surface area contributed by atoms with E-state index in [0.717, 1.165) is 187 Å². The number of hydrogen-bond donors (Lipinski definition) is 0. The van der Waals surface area contributed by atoms with Crippen LogP contribution in [0.5, 0.6) is 0 Å². The van der Waals surface area contributed by atoms with Gasteiger partial charge in [0, 0.05) is 114 Å². The summed E-state index contributed by atoms with van der Waals surface area (Å²) in [7, 11) is 0. The fraction of sp³-hybridized carbons (Fsp3) is 0.0226. The van der Waals surface area contributed by atoms with Crippen molar-refractivity contribution in [2.24, 2.45) is 0 Å². The molecule has 0 saturated heterocycles. The molecule has 0 saturated carbocycles. The van der Waals surface area contributed by atoms with Crippen molar-refractivity contribution in [3.05, 3.63) is 466 Å². The van der Waals surface area contributed by atoms with Crippen LogP contribution in [0.15, 0.2) is 464 Å². The van der Waals surface area contributed by atoms with Gasteiger partial charge < -0.3 is 8.83 Å². The number of benzene rings is 23. The van der Waals surface area contributed by atoms with E-state index in [1.54, 1.807) is 0 Å². The number of rotatable bonds is 7. The number of aromatic nitrogens is 9. The van der Waals surface area contributed by atoms with Crippen LogP contribution in [0.4, 0.5) is 0 Å². The lowest BCUT2D eigenvalue weighted by molar-refractivity contribution is 0.661. The first-order valence-corrected chi connectivity index (χ1v) is 49.1. The summed E-state index contributed by atoms with van der Waals surface area (Å²) in [6.07, 6.45) is 0. The third kappa shape index (κ3) is 12.3. The first-order chi connectivity index (χ1) is 71.2. The predicted octanol–water partition coefficient (Wildman–Crippen LogP) is 35.0. The van der Waals surface area contributed by atoms with Gasteiger partial charge in [0.2, 0.25) is 17.8 Å². The maximum atomic E-state index is 6.25. The van der Waals surface area contributed by atoms with Crippen LogP contribution < -0.4 is 0 Å². The van der Waals surface area contributed by atoms with E-state index in [4.69, 9.17) is 38.7 Å². The standard InChI is InChI=1S/C49H33N3.C44H25N3O.C40H23N3O/c1-49(2)42-19-11-9-17-35(42)41-29-40-33(27-43(41)49)22-23-37-34(40)25-26-38-36-18-10-12-20-45(36)52(47(37)38)48-50-44-28-32(30-13-5-3-6-14-30)21-24-39(44)46(51-48)31-15-7-4-8-16-31;1-2-11-27(12-3-1)41-35-21-18-26-10-4-5-13-29(26)42(35)46-44(45-41)47-38-16-8-6-14-31(38)34-23-22-30-33(43(34)47)20-19-28-24-40-37(25-36(28)30)32-15-7-9-17-39(32)48-40;1-2-10-24(11-3-1)38-31-14-4-7-15-34(31)41-40(42-38)43-35-16-8-5-12-27(35)30-21-20-26-29(39(30)43)19-18-25-22-37-33(23-32(25)26)28-13-6-9-17-36(28)44-37/h3-29H,1-2H3;1-25H;1-23H. The van der Waals surface area contributed by atoms with E-state index in [9.17, 15) is 0 Å². The number of hydrogen-bond acceptors (Lipinski definition) is 8. The lowest BCUT2D eigenvalue weighted by Crippen LogP contribution is -2.14. The van der Waals surface area contributed by atoms with E-state index in [1.165, 1.54) is 97.7 Å². The van der Waals surface area contributed by atoms with E-state index in [1.807, 2.05) is 42.5 Å². The second-order valence-corrected chi connectivity index (χ2v) is 38.6. The summed E-state index contributed by atoms with van der Waals surface area (Å²) < 4.78 is 19.3. The highest BCUT2D eigenvalue weighted by Gasteiger charge is 2.36. The van der Waals surface area contributed by atoms with Gasteiger partial charge in [0.1, 0.15) is 22.3 Å². The SMILES string of the molecule is CC1(C)c2ccccc2-c2cc3c(ccc4c3ccc3c5ccccc5n(-c5nc(-c6ccccc6)c6ccc(-c7ccccc7)cc6n5)c43)cc21.c1ccc(-c2nc(-n3c4ccccc4c4ccc5c6cc7c(cc6ccc5c43)oc3ccccc37)nc3c2ccc2ccccc23)cc1.c1ccc(-c2nc(-n3c4ccccc4c4ccc5c6cc7c(cc6ccc5c43)oc3ccccc37)nc3ccccc23)cc1. The monoisotopic (exact) mass is 1840 g/mol. The van der Waals surface area contributed by atoms with Crippen LogP contribution >= 0.6 is 0 Å². The van der Waals surface area contributed by atoms with Crippen LogP contribution in [-0.2, 0) is 5.41 Å². The van der Waals surface area contributed by atoms with Crippen molar-refractivity contribution in [2.45, 2.75) is 19.3 Å². The first kappa shape index (κ1) is 81.0. The lowest BCUT2D eigenvalue weighted by Gasteiger charge is -2.21. The molecular weight excluding hydrogens is 1760 g/mol. The smallest absolute Gasteiger partial charge is 0.235 e. The zero-order chi connectivity index (χ0) is 94.7. The van der Waals surface area contributed by atoms with Crippen molar-refractivity contribution < 1.29 is 8.83 Å². The number of furan rings is 2. The van der Waals surface area contributed by atoms with Gasteiger partial charge in [-0.25, -0.2) is 29.9 Å². The van der Waals surface area contributed by atoms with Crippen molar-refractivity contribution in [3.63, 3.8) is 0 Å². The summed E-state index contributed by atoms with van der Waals surface area (Å²) >= 11 is 0. The van der Waals surface area contributed by atoms with Gasteiger partial charge >= 0.3 is 0 Å². The zero-order valence-electron chi connectivity index (χ0n) is 78.1. The predicted molar refractivity (Wildman–Crippen MR) is 598 cm³/mol. The summed E-state index contributed by atoms with van der Waals surface area (Å²) in [5, 5.41) is 31.3. The molecular formula is C133H81N9O2. The molecule has 670 valence electrons. The molecule has 8 heterocycles. The van der Waals surface area contributed by atoms with E-state index in [-0.39, 0.29) is 5.41 Å².